The summed E-state index contributed by atoms with van der Waals surface area (Å²) in [7, 11) is 1.81. The van der Waals surface area contributed by atoms with Crippen LogP contribution < -0.4 is 5.48 Å². The van der Waals surface area contributed by atoms with Gasteiger partial charge in [-0.15, -0.1) is 0 Å². The molecule has 1 aliphatic rings. The molecule has 0 aromatic rings. The van der Waals surface area contributed by atoms with Crippen LogP contribution in [-0.2, 0) is 4.84 Å². The third-order valence-electron chi connectivity index (χ3n) is 1.80. The summed E-state index contributed by atoms with van der Waals surface area (Å²) in [6, 6.07) is 0. The highest BCUT2D eigenvalue weighted by atomic mass is 32.2. The van der Waals surface area contributed by atoms with Crippen molar-refractivity contribution in [3.63, 3.8) is 0 Å². The van der Waals surface area contributed by atoms with E-state index in [1.165, 1.54) is 24.3 Å². The number of hydrogen-bond acceptors (Lipinski definition) is 3. The first-order valence-corrected chi connectivity index (χ1v) is 4.95. The quantitative estimate of drug-likeness (QED) is 0.496. The van der Waals surface area contributed by atoms with Crippen LogP contribution in [0.25, 0.3) is 0 Å². The van der Waals surface area contributed by atoms with E-state index in [0.29, 0.717) is 0 Å². The van der Waals surface area contributed by atoms with Crippen LogP contribution in [0.4, 0.5) is 0 Å². The van der Waals surface area contributed by atoms with Crippen molar-refractivity contribution in [1.29, 1.82) is 0 Å². The highest BCUT2D eigenvalue weighted by Crippen LogP contribution is 2.25. The second-order valence-corrected chi connectivity index (χ2v) is 3.72. The molecule has 2 nitrogen and oxygen atoms in total. The molecule has 1 atom stereocenters. The lowest BCUT2D eigenvalue weighted by atomic mass is 10.1. The number of hydrogen-bond donors (Lipinski definition) is 1. The maximum absolute atomic E-state index is 5.04. The third-order valence-corrected chi connectivity index (χ3v) is 3.03. The summed E-state index contributed by atoms with van der Waals surface area (Å²) < 4.78 is 0. The highest BCUT2D eigenvalue weighted by molar-refractivity contribution is 7.99. The minimum atomic E-state index is 0.863. The number of nitrogens with one attached hydrogen (secondary N) is 1. The Balaban J connectivity index is 1.91. The molecule has 60 valence electrons. The summed E-state index contributed by atoms with van der Waals surface area (Å²) in [5, 5.41) is 0. The molecule has 1 unspecified atom stereocenters. The Kier molecular flexibility index (Phi) is 4.18. The molecule has 1 aliphatic heterocycles. The molecule has 10 heavy (non-hydrogen) atoms. The Labute approximate surface area is 66.7 Å². The summed E-state index contributed by atoms with van der Waals surface area (Å²) in [4.78, 5) is 5.04. The fourth-order valence-electron chi connectivity index (χ4n) is 1.14. The summed E-state index contributed by atoms with van der Waals surface area (Å²) in [6.45, 7) is 0.863. The van der Waals surface area contributed by atoms with Gasteiger partial charge in [-0.05, 0) is 30.3 Å². The molecule has 0 aromatic heterocycles. The van der Waals surface area contributed by atoms with Gasteiger partial charge in [0.15, 0.2) is 0 Å². The third kappa shape index (κ3) is 2.90. The summed E-state index contributed by atoms with van der Waals surface area (Å²) in [6.07, 6.45) is 2.60. The van der Waals surface area contributed by atoms with Crippen molar-refractivity contribution in [3.05, 3.63) is 0 Å². The van der Waals surface area contributed by atoms with Gasteiger partial charge < -0.3 is 4.84 Å². The lowest BCUT2D eigenvalue weighted by molar-refractivity contribution is 0.0500. The van der Waals surface area contributed by atoms with E-state index in [2.05, 4.69) is 17.2 Å². The molecule has 0 spiro atoms. The standard InChI is InChI=1S/C7H15NOS/c1-8-9-4-2-7-3-5-10-6-7/h7-8H,2-6H2,1H3. The number of thioether (sulfide) groups is 1. The van der Waals surface area contributed by atoms with Crippen molar-refractivity contribution in [2.75, 3.05) is 25.2 Å². The maximum Gasteiger partial charge on any atom is 0.0685 e. The van der Waals surface area contributed by atoms with Gasteiger partial charge in [0.2, 0.25) is 0 Å². The molecule has 0 bridgehead atoms. The van der Waals surface area contributed by atoms with Crippen molar-refractivity contribution < 1.29 is 4.84 Å². The minimum Gasteiger partial charge on any atom is -0.302 e. The van der Waals surface area contributed by atoms with Gasteiger partial charge in [0.25, 0.3) is 0 Å². The largest absolute Gasteiger partial charge is 0.302 e. The Morgan fingerprint density at radius 2 is 2.60 bits per heavy atom. The minimum absolute atomic E-state index is 0.863. The van der Waals surface area contributed by atoms with Crippen molar-refractivity contribution in [2.24, 2.45) is 5.92 Å². The van der Waals surface area contributed by atoms with Crippen molar-refractivity contribution >= 4 is 11.8 Å². The zero-order valence-electron chi connectivity index (χ0n) is 6.43. The maximum atomic E-state index is 5.04. The average Bonchev–Trinajstić information content (AvgIpc) is 2.41. The summed E-state index contributed by atoms with van der Waals surface area (Å²) >= 11 is 2.06. The van der Waals surface area contributed by atoms with E-state index >= 15 is 0 Å². The first-order valence-electron chi connectivity index (χ1n) is 3.79. The van der Waals surface area contributed by atoms with Gasteiger partial charge in [-0.1, -0.05) is 0 Å². The first kappa shape index (κ1) is 8.37. The van der Waals surface area contributed by atoms with Crippen LogP contribution in [0, 0.1) is 5.92 Å². The Hall–Kier alpha value is 0.270. The fourth-order valence-corrected chi connectivity index (χ4v) is 2.47. The Morgan fingerprint density at radius 3 is 3.20 bits per heavy atom. The smallest absolute Gasteiger partial charge is 0.0685 e. The molecule has 1 N–H and O–H groups in total. The topological polar surface area (TPSA) is 21.3 Å². The predicted molar refractivity (Wildman–Crippen MR) is 45.1 cm³/mol. The molecule has 1 fully saturated rings. The van der Waals surface area contributed by atoms with E-state index in [4.69, 9.17) is 4.84 Å². The molecule has 0 amide bonds. The van der Waals surface area contributed by atoms with Crippen LogP contribution in [0.15, 0.2) is 0 Å². The van der Waals surface area contributed by atoms with E-state index in [-0.39, 0.29) is 0 Å². The van der Waals surface area contributed by atoms with E-state index in [1.807, 2.05) is 7.05 Å². The van der Waals surface area contributed by atoms with Crippen LogP contribution in [0.1, 0.15) is 12.8 Å². The predicted octanol–water partition coefficient (Wildman–Crippen LogP) is 1.28. The van der Waals surface area contributed by atoms with E-state index in [9.17, 15) is 0 Å². The van der Waals surface area contributed by atoms with Crippen LogP contribution in [0.3, 0.4) is 0 Å². The van der Waals surface area contributed by atoms with E-state index in [0.717, 1.165) is 12.5 Å². The Morgan fingerprint density at radius 1 is 1.70 bits per heavy atom. The monoisotopic (exact) mass is 161 g/mol. The highest BCUT2D eigenvalue weighted by Gasteiger charge is 2.14. The number of rotatable bonds is 4. The van der Waals surface area contributed by atoms with Crippen LogP contribution in [0.2, 0.25) is 0 Å². The molecule has 1 rings (SSSR count). The normalized spacial score (nSPS) is 25.5. The zero-order valence-corrected chi connectivity index (χ0v) is 7.25. The van der Waals surface area contributed by atoms with Gasteiger partial charge in [-0.25, -0.2) is 5.48 Å². The number of hydroxylamine groups is 1. The molecule has 0 aromatic carbocycles. The van der Waals surface area contributed by atoms with Gasteiger partial charge in [-0.3, -0.25) is 0 Å². The van der Waals surface area contributed by atoms with Gasteiger partial charge in [0, 0.05) is 7.05 Å². The SMILES string of the molecule is CNOCCC1CCSC1. The van der Waals surface area contributed by atoms with Crippen LogP contribution >= 0.6 is 11.8 Å². The van der Waals surface area contributed by atoms with Crippen molar-refractivity contribution in [1.82, 2.24) is 5.48 Å². The molecule has 1 heterocycles. The lowest BCUT2D eigenvalue weighted by Crippen LogP contribution is -2.11. The molecule has 1 saturated heterocycles. The molecule has 0 aliphatic carbocycles. The average molecular weight is 161 g/mol. The van der Waals surface area contributed by atoms with Crippen LogP contribution in [-0.4, -0.2) is 25.2 Å². The van der Waals surface area contributed by atoms with Crippen LogP contribution in [0.5, 0.6) is 0 Å². The van der Waals surface area contributed by atoms with Gasteiger partial charge in [0.1, 0.15) is 0 Å². The zero-order chi connectivity index (χ0) is 7.23. The second kappa shape index (κ2) is 4.99. The molecule has 3 heteroatoms. The molecule has 0 saturated carbocycles. The Bertz CT molecular complexity index is 83.7. The van der Waals surface area contributed by atoms with Gasteiger partial charge in [-0.2, -0.15) is 11.8 Å². The van der Waals surface area contributed by atoms with Gasteiger partial charge >= 0.3 is 0 Å². The van der Waals surface area contributed by atoms with E-state index in [1.54, 1.807) is 0 Å². The summed E-state index contributed by atoms with van der Waals surface area (Å²) in [5.74, 6) is 3.61. The van der Waals surface area contributed by atoms with Crippen molar-refractivity contribution in [3.8, 4) is 0 Å². The molecular weight excluding hydrogens is 146 g/mol. The first-order chi connectivity index (χ1) is 4.93. The lowest BCUT2D eigenvalue weighted by Gasteiger charge is -2.06. The van der Waals surface area contributed by atoms with Crippen molar-refractivity contribution in [2.45, 2.75) is 12.8 Å². The second-order valence-electron chi connectivity index (χ2n) is 2.57. The molecular formula is C7H15NOS. The molecule has 0 radical (unpaired) electrons. The van der Waals surface area contributed by atoms with E-state index < -0.39 is 0 Å². The van der Waals surface area contributed by atoms with Gasteiger partial charge in [0.05, 0.1) is 6.61 Å². The summed E-state index contributed by atoms with van der Waals surface area (Å²) in [5.41, 5.74) is 2.68. The fraction of sp³-hybridized carbons (Fsp3) is 1.00.